The van der Waals surface area contributed by atoms with Gasteiger partial charge in [0.1, 0.15) is 0 Å². The zero-order valence-electron chi connectivity index (χ0n) is 13.4. The van der Waals surface area contributed by atoms with E-state index in [-0.39, 0.29) is 0 Å². The first kappa shape index (κ1) is 16.8. The van der Waals surface area contributed by atoms with Crippen LogP contribution in [0.25, 0.3) is 0 Å². The van der Waals surface area contributed by atoms with Crippen LogP contribution in [-0.2, 0) is 4.79 Å². The van der Waals surface area contributed by atoms with Gasteiger partial charge < -0.3 is 5.11 Å². The zero-order valence-corrected chi connectivity index (χ0v) is 13.4. The molecule has 0 aromatic heterocycles. The van der Waals surface area contributed by atoms with E-state index in [9.17, 15) is 4.79 Å². The Morgan fingerprint density at radius 1 is 1.09 bits per heavy atom. The predicted molar refractivity (Wildman–Crippen MR) is 91.0 cm³/mol. The van der Waals surface area contributed by atoms with E-state index in [1.165, 1.54) is 37.7 Å². The van der Waals surface area contributed by atoms with Gasteiger partial charge in [-0.2, -0.15) is 0 Å². The number of carbonyl (C=O) groups is 1. The van der Waals surface area contributed by atoms with E-state index in [0.29, 0.717) is 12.3 Å². The molecule has 2 heteroatoms. The Hall–Kier alpha value is -1.57. The highest BCUT2D eigenvalue weighted by Crippen LogP contribution is 2.39. The SMILES string of the molecule is O=C(O)CCCCC=CC[C@@H]1CCCC[C@@H]1c1ccccc1. The highest BCUT2D eigenvalue weighted by Gasteiger charge is 2.25. The molecule has 0 amide bonds. The van der Waals surface area contributed by atoms with E-state index >= 15 is 0 Å². The monoisotopic (exact) mass is 300 g/mol. The number of benzene rings is 1. The van der Waals surface area contributed by atoms with Gasteiger partial charge in [0.15, 0.2) is 0 Å². The minimum atomic E-state index is -0.683. The molecule has 0 saturated heterocycles. The predicted octanol–water partition coefficient (Wildman–Crippen LogP) is 5.55. The number of carboxylic acids is 1. The second-order valence-corrected chi connectivity index (χ2v) is 6.41. The van der Waals surface area contributed by atoms with Gasteiger partial charge in [0.25, 0.3) is 0 Å². The average Bonchev–Trinajstić information content (AvgIpc) is 2.55. The van der Waals surface area contributed by atoms with Crippen molar-refractivity contribution in [3.8, 4) is 0 Å². The molecule has 120 valence electrons. The van der Waals surface area contributed by atoms with Crippen LogP contribution in [0.2, 0.25) is 0 Å². The topological polar surface area (TPSA) is 37.3 Å². The van der Waals surface area contributed by atoms with Crippen LogP contribution in [-0.4, -0.2) is 11.1 Å². The standard InChI is InChI=1S/C20H28O2/c21-20(22)16-8-3-1-2-5-11-18-14-9-10-15-19(18)17-12-6-4-7-13-17/h2,4-7,12-13,18-19H,1,3,8-11,14-16H2,(H,21,22)/t18-,19-/m1/s1. The number of allylic oxidation sites excluding steroid dienone is 2. The molecule has 0 bridgehead atoms. The molecule has 1 fully saturated rings. The van der Waals surface area contributed by atoms with Crippen LogP contribution >= 0.6 is 0 Å². The number of hydrogen-bond donors (Lipinski definition) is 1. The average molecular weight is 300 g/mol. The van der Waals surface area contributed by atoms with Crippen LogP contribution in [0.1, 0.15) is 69.3 Å². The summed E-state index contributed by atoms with van der Waals surface area (Å²) in [6.07, 6.45) is 14.2. The number of unbranched alkanes of at least 4 members (excludes halogenated alkanes) is 2. The Morgan fingerprint density at radius 2 is 1.86 bits per heavy atom. The van der Waals surface area contributed by atoms with Gasteiger partial charge in [-0.05, 0) is 55.9 Å². The fourth-order valence-electron chi connectivity index (χ4n) is 3.56. The Bertz CT molecular complexity index is 464. The molecule has 0 spiro atoms. The minimum absolute atomic E-state index is 0.298. The van der Waals surface area contributed by atoms with E-state index in [1.54, 1.807) is 0 Å². The van der Waals surface area contributed by atoms with Crippen LogP contribution in [0.5, 0.6) is 0 Å². The van der Waals surface area contributed by atoms with Gasteiger partial charge in [-0.1, -0.05) is 55.3 Å². The molecule has 0 radical (unpaired) electrons. The van der Waals surface area contributed by atoms with Crippen LogP contribution in [0, 0.1) is 5.92 Å². The van der Waals surface area contributed by atoms with Crippen molar-refractivity contribution in [3.05, 3.63) is 48.0 Å². The van der Waals surface area contributed by atoms with Gasteiger partial charge >= 0.3 is 5.97 Å². The molecule has 2 atom stereocenters. The zero-order chi connectivity index (χ0) is 15.6. The first-order chi connectivity index (χ1) is 10.8. The summed E-state index contributed by atoms with van der Waals surface area (Å²) >= 11 is 0. The molecule has 1 N–H and O–H groups in total. The first-order valence-electron chi connectivity index (χ1n) is 8.69. The van der Waals surface area contributed by atoms with E-state index in [2.05, 4.69) is 42.5 Å². The molecule has 22 heavy (non-hydrogen) atoms. The van der Waals surface area contributed by atoms with Crippen LogP contribution in [0.3, 0.4) is 0 Å². The smallest absolute Gasteiger partial charge is 0.303 e. The van der Waals surface area contributed by atoms with Gasteiger partial charge in [0, 0.05) is 6.42 Å². The highest BCUT2D eigenvalue weighted by atomic mass is 16.4. The molecule has 2 nitrogen and oxygen atoms in total. The Balaban J connectivity index is 1.76. The fourth-order valence-corrected chi connectivity index (χ4v) is 3.56. The number of carboxylic acid groups (broad SMARTS) is 1. The van der Waals surface area contributed by atoms with Gasteiger partial charge in [-0.25, -0.2) is 0 Å². The van der Waals surface area contributed by atoms with Gasteiger partial charge in [-0.3, -0.25) is 4.79 Å². The minimum Gasteiger partial charge on any atom is -0.481 e. The van der Waals surface area contributed by atoms with Crippen LogP contribution < -0.4 is 0 Å². The van der Waals surface area contributed by atoms with Crippen molar-refractivity contribution in [1.29, 1.82) is 0 Å². The lowest BCUT2D eigenvalue weighted by Crippen LogP contribution is -2.17. The third-order valence-corrected chi connectivity index (χ3v) is 4.75. The van der Waals surface area contributed by atoms with Crippen molar-refractivity contribution in [1.82, 2.24) is 0 Å². The number of hydrogen-bond acceptors (Lipinski definition) is 1. The molecule has 1 aromatic carbocycles. The summed E-state index contributed by atoms with van der Waals surface area (Å²) in [7, 11) is 0. The lowest BCUT2D eigenvalue weighted by atomic mass is 9.74. The molecule has 1 aliphatic rings. The van der Waals surface area contributed by atoms with Crippen molar-refractivity contribution < 1.29 is 9.90 Å². The quantitative estimate of drug-likeness (QED) is 0.504. The fraction of sp³-hybridized carbons (Fsp3) is 0.550. The maximum absolute atomic E-state index is 10.4. The summed E-state index contributed by atoms with van der Waals surface area (Å²) in [5, 5.41) is 8.61. The molecule has 0 unspecified atom stereocenters. The Morgan fingerprint density at radius 3 is 2.64 bits per heavy atom. The molecular formula is C20H28O2. The first-order valence-corrected chi connectivity index (χ1v) is 8.69. The number of aliphatic carboxylic acids is 1. The summed E-state index contributed by atoms with van der Waals surface area (Å²) in [5.74, 6) is 0.801. The van der Waals surface area contributed by atoms with E-state index in [1.807, 2.05) is 0 Å². The molecule has 1 aromatic rings. The summed E-state index contributed by atoms with van der Waals surface area (Å²) in [4.78, 5) is 10.4. The lowest BCUT2D eigenvalue weighted by Gasteiger charge is -2.31. The normalized spacial score (nSPS) is 22.0. The number of rotatable bonds is 8. The van der Waals surface area contributed by atoms with E-state index in [0.717, 1.165) is 25.2 Å². The van der Waals surface area contributed by atoms with Crippen molar-refractivity contribution in [2.45, 2.75) is 63.7 Å². The second kappa shape index (κ2) is 9.45. The van der Waals surface area contributed by atoms with Gasteiger partial charge in [0.05, 0.1) is 0 Å². The highest BCUT2D eigenvalue weighted by molar-refractivity contribution is 5.66. The van der Waals surface area contributed by atoms with Crippen molar-refractivity contribution >= 4 is 5.97 Å². The molecular weight excluding hydrogens is 272 g/mol. The van der Waals surface area contributed by atoms with Crippen molar-refractivity contribution in [2.24, 2.45) is 5.92 Å². The summed E-state index contributed by atoms with van der Waals surface area (Å²) in [6, 6.07) is 11.0. The molecule has 0 heterocycles. The van der Waals surface area contributed by atoms with Crippen LogP contribution in [0.4, 0.5) is 0 Å². The third kappa shape index (κ3) is 5.67. The largest absolute Gasteiger partial charge is 0.481 e. The molecule has 0 aliphatic heterocycles. The Kier molecular flexibility index (Phi) is 7.21. The van der Waals surface area contributed by atoms with Crippen LogP contribution in [0.15, 0.2) is 42.5 Å². The third-order valence-electron chi connectivity index (χ3n) is 4.75. The van der Waals surface area contributed by atoms with Crippen molar-refractivity contribution in [3.63, 3.8) is 0 Å². The van der Waals surface area contributed by atoms with E-state index in [4.69, 9.17) is 5.11 Å². The maximum atomic E-state index is 10.4. The molecule has 2 rings (SSSR count). The second-order valence-electron chi connectivity index (χ2n) is 6.41. The van der Waals surface area contributed by atoms with E-state index < -0.39 is 5.97 Å². The summed E-state index contributed by atoms with van der Waals surface area (Å²) in [5.41, 5.74) is 1.50. The lowest BCUT2D eigenvalue weighted by molar-refractivity contribution is -0.137. The van der Waals surface area contributed by atoms with Crippen molar-refractivity contribution in [2.75, 3.05) is 0 Å². The molecule has 1 saturated carbocycles. The maximum Gasteiger partial charge on any atom is 0.303 e. The molecule has 1 aliphatic carbocycles. The summed E-state index contributed by atoms with van der Waals surface area (Å²) in [6.45, 7) is 0. The van der Waals surface area contributed by atoms with Gasteiger partial charge in [0.2, 0.25) is 0 Å². The van der Waals surface area contributed by atoms with Gasteiger partial charge in [-0.15, -0.1) is 0 Å². The summed E-state index contributed by atoms with van der Waals surface area (Å²) < 4.78 is 0. The Labute approximate surface area is 134 Å².